The summed E-state index contributed by atoms with van der Waals surface area (Å²) in [5.74, 6) is 0.850. The summed E-state index contributed by atoms with van der Waals surface area (Å²) in [4.78, 5) is 7.13. The maximum Gasteiger partial charge on any atom is 0.191 e. The number of benzene rings is 1. The molecule has 1 aromatic rings. The van der Waals surface area contributed by atoms with Gasteiger partial charge in [0.15, 0.2) is 5.96 Å². The van der Waals surface area contributed by atoms with E-state index in [2.05, 4.69) is 47.0 Å². The molecule has 1 aliphatic heterocycles. The van der Waals surface area contributed by atoms with E-state index in [0.29, 0.717) is 18.2 Å². The molecule has 25 heavy (non-hydrogen) atoms. The second kappa shape index (κ2) is 9.85. The molecule has 1 heterocycles. The quantitative estimate of drug-likeness (QED) is 0.475. The molecule has 5 heteroatoms. The third kappa shape index (κ3) is 6.60. The summed E-state index contributed by atoms with van der Waals surface area (Å²) in [6.07, 6.45) is 2.23. The lowest BCUT2D eigenvalue weighted by molar-refractivity contribution is 0.221. The Hall–Kier alpha value is -2.32. The van der Waals surface area contributed by atoms with Gasteiger partial charge in [-0.05, 0) is 44.4 Å². The molecule has 2 rings (SSSR count). The molecule has 1 saturated heterocycles. The van der Waals surface area contributed by atoms with Crippen LogP contribution in [0.15, 0.2) is 41.4 Å². The third-order valence-electron chi connectivity index (χ3n) is 4.24. The molecule has 2 N–H and O–H groups in total. The Morgan fingerprint density at radius 1 is 1.40 bits per heavy atom. The zero-order chi connectivity index (χ0) is 18.1. The highest BCUT2D eigenvalue weighted by Crippen LogP contribution is 2.12. The second-order valence-electron chi connectivity index (χ2n) is 6.66. The molecule has 5 nitrogen and oxygen atoms in total. The van der Waals surface area contributed by atoms with E-state index < -0.39 is 0 Å². The molecule has 0 unspecified atom stereocenters. The zero-order valence-electron chi connectivity index (χ0n) is 15.4. The number of hydrogen-bond acceptors (Lipinski definition) is 3. The van der Waals surface area contributed by atoms with E-state index in [1.54, 1.807) is 0 Å². The van der Waals surface area contributed by atoms with Gasteiger partial charge >= 0.3 is 0 Å². The van der Waals surface area contributed by atoms with E-state index in [1.165, 1.54) is 5.57 Å². The standard InChI is InChI=1S/C20H29N5/c1-4-22-20(23-14-18-7-5-6-17(12-18)13-21)24-19-8-10-25(11-9-19)15-16(2)3/h5-7,12,19H,2,4,8-11,14-15H2,1,3H3,(H2,22,23,24). The number of nitriles is 1. The number of nitrogens with zero attached hydrogens (tertiary/aromatic N) is 3. The van der Waals surface area contributed by atoms with Crippen molar-refractivity contribution in [3.05, 3.63) is 47.5 Å². The molecule has 134 valence electrons. The van der Waals surface area contributed by atoms with Gasteiger partial charge in [-0.1, -0.05) is 24.3 Å². The van der Waals surface area contributed by atoms with Crippen LogP contribution in [0.5, 0.6) is 0 Å². The van der Waals surface area contributed by atoms with Gasteiger partial charge in [0.25, 0.3) is 0 Å². The van der Waals surface area contributed by atoms with Crippen LogP contribution in [0.3, 0.4) is 0 Å². The highest BCUT2D eigenvalue weighted by molar-refractivity contribution is 5.80. The van der Waals surface area contributed by atoms with E-state index >= 15 is 0 Å². The number of rotatable bonds is 6. The predicted octanol–water partition coefficient (Wildman–Crippen LogP) is 2.65. The molecular weight excluding hydrogens is 310 g/mol. The molecule has 0 aliphatic carbocycles. The summed E-state index contributed by atoms with van der Waals surface area (Å²) in [5.41, 5.74) is 2.95. The molecule has 0 radical (unpaired) electrons. The zero-order valence-corrected chi connectivity index (χ0v) is 15.4. The molecule has 1 aliphatic rings. The Bertz CT molecular complexity index is 636. The van der Waals surface area contributed by atoms with Crippen LogP contribution in [0.4, 0.5) is 0 Å². The Morgan fingerprint density at radius 2 is 2.16 bits per heavy atom. The minimum Gasteiger partial charge on any atom is -0.357 e. The second-order valence-corrected chi connectivity index (χ2v) is 6.66. The smallest absolute Gasteiger partial charge is 0.191 e. The molecule has 0 spiro atoms. The van der Waals surface area contributed by atoms with Gasteiger partial charge in [-0.15, -0.1) is 0 Å². The molecule has 0 aromatic heterocycles. The number of likely N-dealkylation sites (tertiary alicyclic amines) is 1. The van der Waals surface area contributed by atoms with Gasteiger partial charge in [0.1, 0.15) is 0 Å². The van der Waals surface area contributed by atoms with Crippen molar-refractivity contribution in [2.75, 3.05) is 26.2 Å². The van der Waals surface area contributed by atoms with Crippen LogP contribution in [0, 0.1) is 11.3 Å². The summed E-state index contributed by atoms with van der Waals surface area (Å²) < 4.78 is 0. The molecule has 1 aromatic carbocycles. The molecular formula is C20H29N5. The van der Waals surface area contributed by atoms with Crippen molar-refractivity contribution in [1.29, 1.82) is 5.26 Å². The largest absolute Gasteiger partial charge is 0.357 e. The van der Waals surface area contributed by atoms with Gasteiger partial charge in [0, 0.05) is 32.2 Å². The van der Waals surface area contributed by atoms with E-state index in [-0.39, 0.29) is 0 Å². The molecule has 0 atom stereocenters. The van der Waals surface area contributed by atoms with Crippen molar-refractivity contribution in [3.8, 4) is 6.07 Å². The molecule has 0 bridgehead atoms. The maximum atomic E-state index is 9.00. The minimum atomic E-state index is 0.449. The van der Waals surface area contributed by atoms with Crippen LogP contribution in [-0.2, 0) is 6.54 Å². The lowest BCUT2D eigenvalue weighted by Gasteiger charge is -2.33. The number of piperidine rings is 1. The number of nitrogens with one attached hydrogen (secondary N) is 2. The summed E-state index contributed by atoms with van der Waals surface area (Å²) in [5, 5.41) is 15.9. The fourth-order valence-corrected chi connectivity index (χ4v) is 3.04. The highest BCUT2D eigenvalue weighted by atomic mass is 15.2. The van der Waals surface area contributed by atoms with Gasteiger partial charge in [-0.25, -0.2) is 4.99 Å². The van der Waals surface area contributed by atoms with E-state index in [1.807, 2.05) is 24.3 Å². The van der Waals surface area contributed by atoms with E-state index in [4.69, 9.17) is 5.26 Å². The Kier molecular flexibility index (Phi) is 7.49. The SMILES string of the molecule is C=C(C)CN1CCC(NC(=NCc2cccc(C#N)c2)NCC)CC1. The van der Waals surface area contributed by atoms with E-state index in [9.17, 15) is 0 Å². The van der Waals surface area contributed by atoms with Crippen LogP contribution in [0.2, 0.25) is 0 Å². The van der Waals surface area contributed by atoms with Crippen LogP contribution < -0.4 is 10.6 Å². The average molecular weight is 339 g/mol. The first-order chi connectivity index (χ1) is 12.1. The third-order valence-corrected chi connectivity index (χ3v) is 4.24. The number of aliphatic imine (C=N–C) groups is 1. The maximum absolute atomic E-state index is 9.00. The normalized spacial score (nSPS) is 16.3. The van der Waals surface area contributed by atoms with Crippen LogP contribution in [0.25, 0.3) is 0 Å². The summed E-state index contributed by atoms with van der Waals surface area (Å²) >= 11 is 0. The van der Waals surface area contributed by atoms with Crippen molar-refractivity contribution in [3.63, 3.8) is 0 Å². The van der Waals surface area contributed by atoms with Crippen molar-refractivity contribution in [1.82, 2.24) is 15.5 Å². The van der Waals surface area contributed by atoms with Crippen molar-refractivity contribution in [2.24, 2.45) is 4.99 Å². The molecule has 1 fully saturated rings. The summed E-state index contributed by atoms with van der Waals surface area (Å²) in [7, 11) is 0. The summed E-state index contributed by atoms with van der Waals surface area (Å²) in [6.45, 7) is 12.7. The first kappa shape index (κ1) is 19.0. The Labute approximate surface area is 151 Å². The summed E-state index contributed by atoms with van der Waals surface area (Å²) in [6, 6.07) is 10.2. The average Bonchev–Trinajstić information content (AvgIpc) is 2.61. The van der Waals surface area contributed by atoms with Crippen molar-refractivity contribution in [2.45, 2.75) is 39.3 Å². The lowest BCUT2D eigenvalue weighted by Crippen LogP contribution is -2.48. The molecule has 0 amide bonds. The van der Waals surface area contributed by atoms with Gasteiger partial charge in [-0.2, -0.15) is 5.26 Å². The fraction of sp³-hybridized carbons (Fsp3) is 0.500. The number of hydrogen-bond donors (Lipinski definition) is 2. The van der Waals surface area contributed by atoms with Crippen LogP contribution in [-0.4, -0.2) is 43.1 Å². The van der Waals surface area contributed by atoms with Crippen LogP contribution >= 0.6 is 0 Å². The molecule has 0 saturated carbocycles. The first-order valence-electron chi connectivity index (χ1n) is 9.01. The monoisotopic (exact) mass is 339 g/mol. The lowest BCUT2D eigenvalue weighted by atomic mass is 10.0. The fourth-order valence-electron chi connectivity index (χ4n) is 3.04. The van der Waals surface area contributed by atoms with Gasteiger partial charge in [-0.3, -0.25) is 4.90 Å². The van der Waals surface area contributed by atoms with Crippen LogP contribution in [0.1, 0.15) is 37.8 Å². The number of guanidine groups is 1. The van der Waals surface area contributed by atoms with Gasteiger partial charge in [0.05, 0.1) is 18.2 Å². The topological polar surface area (TPSA) is 63.5 Å². The highest BCUT2D eigenvalue weighted by Gasteiger charge is 2.19. The first-order valence-corrected chi connectivity index (χ1v) is 9.01. The Morgan fingerprint density at radius 3 is 2.80 bits per heavy atom. The Balaban J connectivity index is 1.90. The predicted molar refractivity (Wildman–Crippen MR) is 103 cm³/mol. The van der Waals surface area contributed by atoms with Crippen molar-refractivity contribution >= 4 is 5.96 Å². The minimum absolute atomic E-state index is 0.449. The van der Waals surface area contributed by atoms with Gasteiger partial charge < -0.3 is 10.6 Å². The van der Waals surface area contributed by atoms with Crippen molar-refractivity contribution < 1.29 is 0 Å². The van der Waals surface area contributed by atoms with Gasteiger partial charge in [0.2, 0.25) is 0 Å². The van der Waals surface area contributed by atoms with E-state index in [0.717, 1.165) is 50.5 Å².